The summed E-state index contributed by atoms with van der Waals surface area (Å²) in [5.74, 6) is -1.15. The molecular weight excluding hydrogens is 320 g/mol. The van der Waals surface area contributed by atoms with Crippen molar-refractivity contribution < 1.29 is 24.2 Å². The lowest BCUT2D eigenvalue weighted by Crippen LogP contribution is -2.15. The first-order valence-electron chi connectivity index (χ1n) is 6.69. The van der Waals surface area contributed by atoms with Gasteiger partial charge in [-0.05, 0) is 35.4 Å². The number of hydrogen-bond donors (Lipinski definition) is 1. The van der Waals surface area contributed by atoms with Crippen LogP contribution in [-0.4, -0.2) is 22.1 Å². The maximum absolute atomic E-state index is 12.4. The van der Waals surface area contributed by atoms with Crippen molar-refractivity contribution in [3.63, 3.8) is 0 Å². The Hall–Kier alpha value is -2.50. The van der Waals surface area contributed by atoms with Crippen LogP contribution in [-0.2, 0) is 4.79 Å². The van der Waals surface area contributed by atoms with Crippen LogP contribution in [0.3, 0.4) is 0 Å². The Labute approximate surface area is 137 Å². The van der Waals surface area contributed by atoms with E-state index in [1.165, 1.54) is 25.1 Å². The number of halogens is 1. The third-order valence-corrected chi connectivity index (χ3v) is 3.30. The van der Waals surface area contributed by atoms with Crippen molar-refractivity contribution in [2.24, 2.45) is 0 Å². The van der Waals surface area contributed by atoms with Crippen molar-refractivity contribution in [1.29, 1.82) is 0 Å². The second-order valence-electron chi connectivity index (χ2n) is 4.75. The maximum atomic E-state index is 12.4. The molecule has 0 bridgehead atoms. The van der Waals surface area contributed by atoms with Gasteiger partial charge in [0.2, 0.25) is 0 Å². The molecule has 0 spiro atoms. The van der Waals surface area contributed by atoms with Crippen molar-refractivity contribution in [3.8, 4) is 5.75 Å². The summed E-state index contributed by atoms with van der Waals surface area (Å²) in [5, 5.41) is 9.29. The standard InChI is InChI=1S/C17H13ClO5/c1-10(19)23-12-7-8-13(14(9-12)17(18)22)16(21)15(20)11-5-3-2-4-6-11/h2-9,15,20H,1H3. The average molecular weight is 333 g/mol. The number of Topliss-reactive ketones (excluding diaryl/α,β-unsaturated/α-hetero) is 1. The van der Waals surface area contributed by atoms with Crippen LogP contribution in [0, 0.1) is 0 Å². The number of carbonyl (C=O) groups is 3. The number of carbonyl (C=O) groups excluding carboxylic acids is 3. The van der Waals surface area contributed by atoms with E-state index in [2.05, 4.69) is 0 Å². The number of aliphatic hydroxyl groups is 1. The summed E-state index contributed by atoms with van der Waals surface area (Å²) >= 11 is 5.50. The van der Waals surface area contributed by atoms with Crippen molar-refractivity contribution >= 4 is 28.6 Å². The molecule has 0 saturated carbocycles. The first-order chi connectivity index (χ1) is 10.9. The van der Waals surface area contributed by atoms with Crippen LogP contribution < -0.4 is 4.74 Å². The van der Waals surface area contributed by atoms with E-state index >= 15 is 0 Å². The molecule has 0 aliphatic carbocycles. The Morgan fingerprint density at radius 1 is 1.04 bits per heavy atom. The van der Waals surface area contributed by atoms with E-state index in [1.54, 1.807) is 30.3 Å². The molecule has 5 nitrogen and oxygen atoms in total. The summed E-state index contributed by atoms with van der Waals surface area (Å²) in [4.78, 5) is 35.0. The zero-order valence-corrected chi connectivity index (χ0v) is 12.9. The molecule has 0 aliphatic heterocycles. The number of ether oxygens (including phenoxy) is 1. The molecule has 2 aromatic rings. The molecule has 2 rings (SSSR count). The quantitative estimate of drug-likeness (QED) is 0.394. The maximum Gasteiger partial charge on any atom is 0.308 e. The Kier molecular flexibility index (Phi) is 5.26. The van der Waals surface area contributed by atoms with E-state index in [9.17, 15) is 19.5 Å². The fourth-order valence-corrected chi connectivity index (χ4v) is 2.22. The molecule has 0 radical (unpaired) electrons. The first-order valence-corrected chi connectivity index (χ1v) is 7.07. The molecule has 1 N–H and O–H groups in total. The largest absolute Gasteiger partial charge is 0.427 e. The molecule has 1 unspecified atom stereocenters. The van der Waals surface area contributed by atoms with Crippen LogP contribution in [0.5, 0.6) is 5.75 Å². The predicted octanol–water partition coefficient (Wildman–Crippen LogP) is 2.91. The molecule has 0 aromatic heterocycles. The topological polar surface area (TPSA) is 80.7 Å². The van der Waals surface area contributed by atoms with Gasteiger partial charge in [0.05, 0.1) is 0 Å². The predicted molar refractivity (Wildman–Crippen MR) is 83.7 cm³/mol. The Morgan fingerprint density at radius 3 is 2.26 bits per heavy atom. The third-order valence-electron chi connectivity index (χ3n) is 3.09. The van der Waals surface area contributed by atoms with Gasteiger partial charge in [-0.1, -0.05) is 30.3 Å². The van der Waals surface area contributed by atoms with Crippen molar-refractivity contribution in [3.05, 3.63) is 65.2 Å². The van der Waals surface area contributed by atoms with Crippen LogP contribution in [0.15, 0.2) is 48.5 Å². The molecular formula is C17H13ClO5. The van der Waals surface area contributed by atoms with E-state index < -0.39 is 23.1 Å². The van der Waals surface area contributed by atoms with Gasteiger partial charge in [-0.25, -0.2) is 0 Å². The van der Waals surface area contributed by atoms with E-state index in [4.69, 9.17) is 16.3 Å². The molecule has 0 heterocycles. The van der Waals surface area contributed by atoms with Crippen LogP contribution in [0.4, 0.5) is 0 Å². The number of esters is 1. The lowest BCUT2D eigenvalue weighted by molar-refractivity contribution is -0.131. The summed E-state index contributed by atoms with van der Waals surface area (Å²) in [6.07, 6.45) is -1.43. The van der Waals surface area contributed by atoms with Crippen LogP contribution in [0.1, 0.15) is 39.3 Å². The lowest BCUT2D eigenvalue weighted by atomic mass is 9.96. The number of aliphatic hydroxyl groups excluding tert-OH is 1. The molecule has 6 heteroatoms. The summed E-state index contributed by atoms with van der Waals surface area (Å²) in [7, 11) is 0. The Bertz CT molecular complexity index is 755. The molecule has 1 atom stereocenters. The molecule has 118 valence electrons. The fraction of sp³-hybridized carbons (Fsp3) is 0.118. The van der Waals surface area contributed by atoms with Crippen molar-refractivity contribution in [2.45, 2.75) is 13.0 Å². The average Bonchev–Trinajstić information content (AvgIpc) is 2.53. The minimum Gasteiger partial charge on any atom is -0.427 e. The molecule has 0 saturated heterocycles. The molecule has 0 aliphatic rings. The Morgan fingerprint density at radius 2 is 1.70 bits per heavy atom. The van der Waals surface area contributed by atoms with Gasteiger partial charge in [-0.3, -0.25) is 14.4 Å². The van der Waals surface area contributed by atoms with Crippen molar-refractivity contribution in [2.75, 3.05) is 0 Å². The van der Waals surface area contributed by atoms with Crippen LogP contribution in [0.2, 0.25) is 0 Å². The third kappa shape index (κ3) is 4.03. The van der Waals surface area contributed by atoms with E-state index in [-0.39, 0.29) is 16.9 Å². The van der Waals surface area contributed by atoms with Crippen molar-refractivity contribution in [1.82, 2.24) is 0 Å². The van der Waals surface area contributed by atoms with Gasteiger partial charge in [0, 0.05) is 18.1 Å². The normalized spacial score (nSPS) is 11.6. The minimum atomic E-state index is -1.43. The van der Waals surface area contributed by atoms with Gasteiger partial charge < -0.3 is 9.84 Å². The Balaban J connectivity index is 2.40. The number of ketones is 1. The highest BCUT2D eigenvalue weighted by Gasteiger charge is 2.24. The number of benzene rings is 2. The summed E-state index contributed by atoms with van der Waals surface area (Å²) in [6, 6.07) is 12.2. The monoisotopic (exact) mass is 332 g/mol. The zero-order chi connectivity index (χ0) is 17.0. The van der Waals surface area contributed by atoms with Gasteiger partial charge in [0.25, 0.3) is 5.24 Å². The van der Waals surface area contributed by atoms with E-state index in [0.29, 0.717) is 5.56 Å². The number of rotatable bonds is 5. The summed E-state index contributed by atoms with van der Waals surface area (Å²) in [6.45, 7) is 1.21. The molecule has 0 fully saturated rings. The number of hydrogen-bond acceptors (Lipinski definition) is 5. The second-order valence-corrected chi connectivity index (χ2v) is 5.10. The summed E-state index contributed by atoms with van der Waals surface area (Å²) in [5.41, 5.74) is 0.220. The van der Waals surface area contributed by atoms with E-state index in [1.807, 2.05) is 0 Å². The van der Waals surface area contributed by atoms with E-state index in [0.717, 1.165) is 0 Å². The molecule has 0 amide bonds. The van der Waals surface area contributed by atoms with Crippen LogP contribution >= 0.6 is 11.6 Å². The smallest absolute Gasteiger partial charge is 0.308 e. The highest BCUT2D eigenvalue weighted by Crippen LogP contribution is 2.25. The first kappa shape index (κ1) is 16.9. The zero-order valence-electron chi connectivity index (χ0n) is 12.2. The molecule has 23 heavy (non-hydrogen) atoms. The van der Waals surface area contributed by atoms with Gasteiger partial charge in [0.1, 0.15) is 11.9 Å². The second kappa shape index (κ2) is 7.17. The highest BCUT2D eigenvalue weighted by molar-refractivity contribution is 6.68. The minimum absolute atomic E-state index is 0.0442. The van der Waals surface area contributed by atoms with Gasteiger partial charge in [-0.15, -0.1) is 0 Å². The summed E-state index contributed by atoms with van der Waals surface area (Å²) < 4.78 is 4.86. The van der Waals surface area contributed by atoms with Gasteiger partial charge in [-0.2, -0.15) is 0 Å². The van der Waals surface area contributed by atoms with Crippen LogP contribution in [0.25, 0.3) is 0 Å². The lowest BCUT2D eigenvalue weighted by Gasteiger charge is -2.13. The van der Waals surface area contributed by atoms with Gasteiger partial charge >= 0.3 is 5.97 Å². The van der Waals surface area contributed by atoms with Gasteiger partial charge in [0.15, 0.2) is 5.78 Å². The molecule has 2 aromatic carbocycles. The fourth-order valence-electron chi connectivity index (χ4n) is 2.06. The SMILES string of the molecule is CC(=O)Oc1ccc(C(=O)C(O)c2ccccc2)c(C(=O)Cl)c1. The highest BCUT2D eigenvalue weighted by atomic mass is 35.5.